The molecule has 2 rings (SSSR count). The molecular weight excluding hydrogens is 480 g/mol. The van der Waals surface area contributed by atoms with E-state index >= 15 is 0 Å². The SMILES string of the molecule is CS(=O)(=O)Cn1nc(C(=O)Nc2ccc(F)cc2Cl)c(Br)c1Br. The lowest BCUT2D eigenvalue weighted by atomic mass is 10.3. The predicted molar refractivity (Wildman–Crippen MR) is 91.8 cm³/mol. The third-order valence-electron chi connectivity index (χ3n) is 2.59. The van der Waals surface area contributed by atoms with Crippen molar-refractivity contribution >= 4 is 64.9 Å². The molecule has 0 spiro atoms. The maximum atomic E-state index is 13.0. The third kappa shape index (κ3) is 4.52. The molecule has 0 fully saturated rings. The summed E-state index contributed by atoms with van der Waals surface area (Å²) >= 11 is 12.2. The van der Waals surface area contributed by atoms with Crippen molar-refractivity contribution in [2.24, 2.45) is 0 Å². The Morgan fingerprint density at radius 1 is 1.43 bits per heavy atom. The van der Waals surface area contributed by atoms with E-state index in [-0.39, 0.29) is 20.9 Å². The highest BCUT2D eigenvalue weighted by Gasteiger charge is 2.22. The third-order valence-corrected chi connectivity index (χ3v) is 5.70. The van der Waals surface area contributed by atoms with Gasteiger partial charge in [-0.15, -0.1) is 0 Å². The van der Waals surface area contributed by atoms with Crippen LogP contribution in [-0.2, 0) is 15.7 Å². The maximum absolute atomic E-state index is 13.0. The van der Waals surface area contributed by atoms with Crippen molar-refractivity contribution < 1.29 is 17.6 Å². The van der Waals surface area contributed by atoms with Crippen LogP contribution in [0.4, 0.5) is 10.1 Å². The van der Waals surface area contributed by atoms with E-state index in [0.29, 0.717) is 4.60 Å². The fourth-order valence-electron chi connectivity index (χ4n) is 1.64. The van der Waals surface area contributed by atoms with Gasteiger partial charge in [-0.25, -0.2) is 17.5 Å². The van der Waals surface area contributed by atoms with Gasteiger partial charge in [0.25, 0.3) is 5.91 Å². The van der Waals surface area contributed by atoms with Gasteiger partial charge in [0.15, 0.2) is 15.5 Å². The van der Waals surface area contributed by atoms with Gasteiger partial charge < -0.3 is 5.32 Å². The van der Waals surface area contributed by atoms with Gasteiger partial charge in [0.2, 0.25) is 0 Å². The van der Waals surface area contributed by atoms with Crippen LogP contribution in [0.1, 0.15) is 10.5 Å². The van der Waals surface area contributed by atoms with Gasteiger partial charge in [-0.2, -0.15) is 5.10 Å². The van der Waals surface area contributed by atoms with Gasteiger partial charge in [-0.05, 0) is 50.1 Å². The molecule has 1 aromatic heterocycles. The Bertz CT molecular complexity index is 886. The number of hydrogen-bond acceptors (Lipinski definition) is 4. The number of rotatable bonds is 4. The molecule has 1 heterocycles. The average Bonchev–Trinajstić information content (AvgIpc) is 2.68. The van der Waals surface area contributed by atoms with E-state index in [2.05, 4.69) is 42.3 Å². The molecule has 0 unspecified atom stereocenters. The molecule has 0 saturated heterocycles. The smallest absolute Gasteiger partial charge is 0.277 e. The first-order valence-electron chi connectivity index (χ1n) is 5.94. The zero-order chi connectivity index (χ0) is 17.4. The first-order chi connectivity index (χ1) is 10.6. The Morgan fingerprint density at radius 3 is 2.65 bits per heavy atom. The lowest BCUT2D eigenvalue weighted by Gasteiger charge is -2.05. The van der Waals surface area contributed by atoms with Gasteiger partial charge in [-0.1, -0.05) is 11.6 Å². The summed E-state index contributed by atoms with van der Waals surface area (Å²) in [5.41, 5.74) is 0.166. The largest absolute Gasteiger partial charge is 0.319 e. The minimum absolute atomic E-state index is 0.0316. The molecule has 0 aliphatic heterocycles. The van der Waals surface area contributed by atoms with Crippen LogP contribution in [0.5, 0.6) is 0 Å². The molecule has 0 aliphatic rings. The van der Waals surface area contributed by atoms with Crippen molar-refractivity contribution in [1.82, 2.24) is 9.78 Å². The van der Waals surface area contributed by atoms with Crippen molar-refractivity contribution in [3.8, 4) is 0 Å². The Labute approximate surface area is 153 Å². The summed E-state index contributed by atoms with van der Waals surface area (Å²) in [7, 11) is -3.34. The van der Waals surface area contributed by atoms with E-state index in [0.717, 1.165) is 23.1 Å². The lowest BCUT2D eigenvalue weighted by Crippen LogP contribution is -2.15. The summed E-state index contributed by atoms with van der Waals surface area (Å²) in [5, 5.41) is 6.47. The zero-order valence-electron chi connectivity index (χ0n) is 11.5. The summed E-state index contributed by atoms with van der Waals surface area (Å²) in [6.45, 7) is 0. The van der Waals surface area contributed by atoms with Gasteiger partial charge in [-0.3, -0.25) is 4.79 Å². The first kappa shape index (κ1) is 18.4. The highest BCUT2D eigenvalue weighted by Crippen LogP contribution is 2.29. The molecule has 2 aromatic rings. The van der Waals surface area contributed by atoms with Crippen molar-refractivity contribution in [1.29, 1.82) is 0 Å². The molecule has 6 nitrogen and oxygen atoms in total. The molecule has 1 amide bonds. The number of benzene rings is 1. The molecule has 23 heavy (non-hydrogen) atoms. The fraction of sp³-hybridized carbons (Fsp3) is 0.167. The van der Waals surface area contributed by atoms with Crippen LogP contribution in [0.2, 0.25) is 5.02 Å². The monoisotopic (exact) mass is 487 g/mol. The van der Waals surface area contributed by atoms with Gasteiger partial charge in [0, 0.05) is 6.26 Å². The van der Waals surface area contributed by atoms with Crippen molar-refractivity contribution in [2.75, 3.05) is 11.6 Å². The summed E-state index contributed by atoms with van der Waals surface area (Å²) < 4.78 is 37.4. The number of halogens is 4. The minimum Gasteiger partial charge on any atom is -0.319 e. The lowest BCUT2D eigenvalue weighted by molar-refractivity contribution is 0.102. The zero-order valence-corrected chi connectivity index (χ0v) is 16.2. The number of sulfone groups is 1. The van der Waals surface area contributed by atoms with E-state index in [1.54, 1.807) is 0 Å². The number of carbonyl (C=O) groups is 1. The molecule has 0 aliphatic carbocycles. The first-order valence-corrected chi connectivity index (χ1v) is 9.97. The van der Waals surface area contributed by atoms with Crippen molar-refractivity contribution in [3.63, 3.8) is 0 Å². The number of nitrogens with one attached hydrogen (secondary N) is 1. The van der Waals surface area contributed by atoms with Gasteiger partial charge in [0.1, 0.15) is 16.3 Å². The molecule has 1 aromatic carbocycles. The quantitative estimate of drug-likeness (QED) is 0.714. The highest BCUT2D eigenvalue weighted by molar-refractivity contribution is 9.13. The number of nitrogens with zero attached hydrogens (tertiary/aromatic N) is 2. The van der Waals surface area contributed by atoms with Crippen LogP contribution in [-0.4, -0.2) is 30.4 Å². The summed E-state index contributed by atoms with van der Waals surface area (Å²) in [5.74, 6) is -1.55. The molecule has 0 saturated carbocycles. The Balaban J connectivity index is 2.31. The Hall–Kier alpha value is -0.970. The topological polar surface area (TPSA) is 81.1 Å². The molecule has 1 N–H and O–H groups in total. The standard InChI is InChI=1S/C12H9Br2ClFN3O3S/c1-23(21,22)5-19-11(14)9(13)10(18-19)12(20)17-8-3-2-6(16)4-7(8)15/h2-4H,5H2,1H3,(H,17,20). The molecule has 0 radical (unpaired) electrons. The normalized spacial score (nSPS) is 11.5. The number of anilines is 1. The second-order valence-corrected chi connectivity index (χ2v) is 8.65. The highest BCUT2D eigenvalue weighted by atomic mass is 79.9. The van der Waals surface area contributed by atoms with E-state index < -0.39 is 27.4 Å². The Kier molecular flexibility index (Phi) is 5.49. The van der Waals surface area contributed by atoms with Crippen LogP contribution in [0.3, 0.4) is 0 Å². The number of hydrogen-bond donors (Lipinski definition) is 1. The number of carbonyl (C=O) groups excluding carboxylic acids is 1. The van der Waals surface area contributed by atoms with Gasteiger partial charge in [0.05, 0.1) is 15.2 Å². The fourth-order valence-corrected chi connectivity index (χ4v) is 3.51. The van der Waals surface area contributed by atoms with Crippen LogP contribution in [0.25, 0.3) is 0 Å². The van der Waals surface area contributed by atoms with Crippen LogP contribution in [0.15, 0.2) is 27.3 Å². The second-order valence-electron chi connectivity index (χ2n) is 4.59. The van der Waals surface area contributed by atoms with E-state index in [1.807, 2.05) is 0 Å². The number of amides is 1. The average molecular weight is 490 g/mol. The molecule has 11 heteroatoms. The molecule has 0 bridgehead atoms. The van der Waals surface area contributed by atoms with Crippen LogP contribution in [0, 0.1) is 5.82 Å². The predicted octanol–water partition coefficient (Wildman–Crippen LogP) is 3.46. The van der Waals surface area contributed by atoms with Crippen LogP contribution >= 0.6 is 43.5 Å². The maximum Gasteiger partial charge on any atom is 0.277 e. The van der Waals surface area contributed by atoms with E-state index in [9.17, 15) is 17.6 Å². The second kappa shape index (κ2) is 6.88. The molecular formula is C12H9Br2ClFN3O3S. The van der Waals surface area contributed by atoms with E-state index in [1.165, 1.54) is 6.07 Å². The Morgan fingerprint density at radius 2 is 2.09 bits per heavy atom. The van der Waals surface area contributed by atoms with Crippen LogP contribution < -0.4 is 5.32 Å². The summed E-state index contributed by atoms with van der Waals surface area (Å²) in [6, 6.07) is 3.52. The summed E-state index contributed by atoms with van der Waals surface area (Å²) in [4.78, 5) is 12.3. The molecule has 124 valence electrons. The van der Waals surface area contributed by atoms with Crippen molar-refractivity contribution in [2.45, 2.75) is 5.88 Å². The van der Waals surface area contributed by atoms with Gasteiger partial charge >= 0.3 is 0 Å². The van der Waals surface area contributed by atoms with E-state index in [4.69, 9.17) is 11.6 Å². The number of aromatic nitrogens is 2. The minimum atomic E-state index is -3.34. The summed E-state index contributed by atoms with van der Waals surface area (Å²) in [6.07, 6.45) is 1.05. The van der Waals surface area contributed by atoms with Crippen molar-refractivity contribution in [3.05, 3.63) is 43.8 Å². The molecule has 0 atom stereocenters.